The van der Waals surface area contributed by atoms with E-state index in [1.165, 1.54) is 31.4 Å². The summed E-state index contributed by atoms with van der Waals surface area (Å²) in [6.45, 7) is 4.11. The van der Waals surface area contributed by atoms with E-state index in [9.17, 15) is 23.1 Å². The first-order valence-electron chi connectivity index (χ1n) is 14.1. The molecule has 0 saturated heterocycles. The minimum Gasteiger partial charge on any atom is -0.548 e. The van der Waals surface area contributed by atoms with Crippen LogP contribution >= 0.6 is 0 Å². The van der Waals surface area contributed by atoms with Gasteiger partial charge in [0, 0.05) is 19.0 Å². The Morgan fingerprint density at radius 2 is 1.51 bits per heavy atom. The number of unbranched alkanes of at least 4 members (excludes halogenated alkanes) is 1. The summed E-state index contributed by atoms with van der Waals surface area (Å²) in [5, 5.41) is 14.9. The second-order valence-corrected chi connectivity index (χ2v) is 12.6. The van der Waals surface area contributed by atoms with Crippen LogP contribution in [0.3, 0.4) is 0 Å². The number of amides is 1. The largest absolute Gasteiger partial charge is 1.00 e. The number of carboxylic acid groups (broad SMARTS) is 1. The number of methoxy groups -OCH3 is 1. The van der Waals surface area contributed by atoms with Gasteiger partial charge in [0.15, 0.2) is 0 Å². The van der Waals surface area contributed by atoms with E-state index < -0.39 is 28.1 Å². The fourth-order valence-corrected chi connectivity index (χ4v) is 7.09. The number of carbonyl (C=O) groups is 2. The second kappa shape index (κ2) is 15.7. The van der Waals surface area contributed by atoms with Gasteiger partial charge in [0.05, 0.1) is 24.0 Å². The number of hydrogen-bond acceptors (Lipinski definition) is 7. The van der Waals surface area contributed by atoms with Crippen LogP contribution in [0.15, 0.2) is 77.7 Å². The van der Waals surface area contributed by atoms with Gasteiger partial charge in [-0.2, -0.15) is 4.31 Å². The summed E-state index contributed by atoms with van der Waals surface area (Å²) in [5.41, 5.74) is 4.53. The van der Waals surface area contributed by atoms with Crippen LogP contribution in [0.5, 0.6) is 5.75 Å². The van der Waals surface area contributed by atoms with Crippen LogP contribution in [0.25, 0.3) is 11.1 Å². The zero-order chi connectivity index (χ0) is 30.3. The van der Waals surface area contributed by atoms with Gasteiger partial charge >= 0.3 is 35.7 Å². The molecule has 1 atom stereocenters. The zero-order valence-electron chi connectivity index (χ0n) is 25.1. The molecule has 0 heterocycles. The van der Waals surface area contributed by atoms with Gasteiger partial charge in [0.25, 0.3) is 0 Å². The number of sulfonamides is 1. The topological polar surface area (TPSA) is 125 Å². The Hall–Kier alpha value is -2.89. The molecule has 0 aliphatic heterocycles. The van der Waals surface area contributed by atoms with Crippen molar-refractivity contribution in [2.45, 2.75) is 50.0 Å². The third-order valence-electron chi connectivity index (χ3n) is 7.35. The summed E-state index contributed by atoms with van der Waals surface area (Å²) >= 11 is 0. The quantitative estimate of drug-likeness (QED) is 0.213. The molecule has 3 aromatic rings. The van der Waals surface area contributed by atoms with E-state index in [1.54, 1.807) is 0 Å². The van der Waals surface area contributed by atoms with Crippen LogP contribution in [0.4, 0.5) is 4.79 Å². The van der Waals surface area contributed by atoms with E-state index in [1.807, 2.05) is 50.2 Å². The van der Waals surface area contributed by atoms with E-state index in [-0.39, 0.29) is 72.4 Å². The van der Waals surface area contributed by atoms with E-state index in [0.29, 0.717) is 18.6 Å². The average molecular weight is 617 g/mol. The summed E-state index contributed by atoms with van der Waals surface area (Å²) in [7, 11) is -2.64. The monoisotopic (exact) mass is 616 g/mol. The number of rotatable bonds is 14. The summed E-state index contributed by atoms with van der Waals surface area (Å²) < 4.78 is 38.6. The summed E-state index contributed by atoms with van der Waals surface area (Å²) in [5.74, 6) is -1.14. The molecule has 9 nitrogen and oxygen atoms in total. The Balaban J connectivity index is 0.00000506. The zero-order valence-corrected chi connectivity index (χ0v) is 27.9. The van der Waals surface area contributed by atoms with E-state index in [0.717, 1.165) is 26.6 Å². The van der Waals surface area contributed by atoms with Crippen LogP contribution in [-0.4, -0.2) is 57.6 Å². The van der Waals surface area contributed by atoms with Gasteiger partial charge in [-0.25, -0.2) is 13.2 Å². The van der Waals surface area contributed by atoms with Crippen LogP contribution in [0.1, 0.15) is 50.2 Å². The van der Waals surface area contributed by atoms with Gasteiger partial charge in [0.1, 0.15) is 12.4 Å². The first-order chi connectivity index (χ1) is 20.1. The van der Waals surface area contributed by atoms with E-state index in [2.05, 4.69) is 17.4 Å². The SMILES string of the molecule is COc1ccc(S(=O)(=O)N(CC(C)C)[C@@H](CCCCNC(=O)OCC2c3ccccc3-c3ccccc32)C(=O)[O-])cc1.[Na+]. The maximum atomic E-state index is 13.4. The predicted molar refractivity (Wildman–Crippen MR) is 157 cm³/mol. The number of nitrogens with one attached hydrogen (secondary N) is 1. The molecular weight excluding hydrogens is 579 g/mol. The Morgan fingerprint density at radius 3 is 2.05 bits per heavy atom. The molecule has 1 amide bonds. The van der Waals surface area contributed by atoms with Crippen molar-refractivity contribution in [1.82, 2.24) is 9.62 Å². The molecule has 0 radical (unpaired) electrons. The Morgan fingerprint density at radius 1 is 0.930 bits per heavy atom. The molecule has 0 bridgehead atoms. The molecule has 0 aromatic heterocycles. The molecule has 1 aliphatic rings. The van der Waals surface area contributed by atoms with Crippen molar-refractivity contribution in [3.05, 3.63) is 83.9 Å². The van der Waals surface area contributed by atoms with E-state index in [4.69, 9.17) is 9.47 Å². The van der Waals surface area contributed by atoms with Gasteiger partial charge in [0.2, 0.25) is 10.0 Å². The number of aliphatic carboxylic acids is 1. The Labute approximate surface area is 275 Å². The molecule has 0 unspecified atom stereocenters. The molecule has 11 heteroatoms. The Bertz CT molecular complexity index is 1450. The molecule has 1 aliphatic carbocycles. The van der Waals surface area contributed by atoms with Crippen molar-refractivity contribution in [3.63, 3.8) is 0 Å². The van der Waals surface area contributed by atoms with Gasteiger partial charge in [-0.15, -0.1) is 0 Å². The normalized spacial score (nSPS) is 13.1. The fraction of sp³-hybridized carbons (Fsp3) is 0.375. The van der Waals surface area contributed by atoms with Crippen molar-refractivity contribution in [2.75, 3.05) is 26.8 Å². The summed E-state index contributed by atoms with van der Waals surface area (Å²) in [6.07, 6.45) is 0.273. The van der Waals surface area contributed by atoms with Crippen LogP contribution < -0.4 is 44.7 Å². The first-order valence-corrected chi connectivity index (χ1v) is 15.5. The number of hydrogen-bond donors (Lipinski definition) is 1. The molecular formula is C32H37N2NaO7S. The van der Waals surface area contributed by atoms with Crippen molar-refractivity contribution in [2.24, 2.45) is 5.92 Å². The third-order valence-corrected chi connectivity index (χ3v) is 9.24. The maximum Gasteiger partial charge on any atom is 1.00 e. The smallest absolute Gasteiger partial charge is 0.548 e. The molecule has 0 fully saturated rings. The van der Waals surface area contributed by atoms with Gasteiger partial charge < -0.3 is 24.7 Å². The van der Waals surface area contributed by atoms with E-state index >= 15 is 0 Å². The molecule has 224 valence electrons. The van der Waals surface area contributed by atoms with Crippen molar-refractivity contribution < 1.29 is 62.1 Å². The number of nitrogens with zero attached hydrogens (tertiary/aromatic N) is 1. The molecule has 1 N–H and O–H groups in total. The minimum absolute atomic E-state index is 0. The molecule has 0 saturated carbocycles. The first kappa shape index (κ1) is 34.6. The number of fused-ring (bicyclic) bond motifs is 3. The molecule has 4 rings (SSSR count). The minimum atomic E-state index is -4.11. The number of carboxylic acids is 1. The van der Waals surface area contributed by atoms with Gasteiger partial charge in [-0.05, 0) is 71.7 Å². The fourth-order valence-electron chi connectivity index (χ4n) is 5.32. The number of carbonyl (C=O) groups excluding carboxylic acids is 2. The van der Waals surface area contributed by atoms with Gasteiger partial charge in [-0.1, -0.05) is 62.4 Å². The standard InChI is InChI=1S/C32H38N2O7S.Na/c1-22(2)20-34(42(38,39)24-17-15-23(40-3)16-18-24)30(31(35)36)14-8-9-19-33-32(37)41-21-29-27-12-6-4-10-25(27)26-11-5-7-13-28(26)29;/h4-7,10-13,15-18,22,29-30H,8-9,14,19-21H2,1-3H3,(H,33,37)(H,35,36);/q;+1/p-1/t30-;/m0./s1. The second-order valence-electron chi connectivity index (χ2n) is 10.7. The van der Waals surface area contributed by atoms with Gasteiger partial charge in [-0.3, -0.25) is 0 Å². The van der Waals surface area contributed by atoms with Crippen molar-refractivity contribution in [1.29, 1.82) is 0 Å². The van der Waals surface area contributed by atoms with Crippen molar-refractivity contribution in [3.8, 4) is 16.9 Å². The molecule has 0 spiro atoms. The summed E-state index contributed by atoms with van der Waals surface area (Å²) in [4.78, 5) is 24.6. The van der Waals surface area contributed by atoms with Crippen LogP contribution in [0.2, 0.25) is 0 Å². The van der Waals surface area contributed by atoms with Crippen LogP contribution in [0, 0.1) is 5.92 Å². The third kappa shape index (κ3) is 8.39. The number of ether oxygens (including phenoxy) is 2. The Kier molecular flexibility index (Phi) is 12.6. The summed E-state index contributed by atoms with van der Waals surface area (Å²) in [6, 6.07) is 20.6. The van der Waals surface area contributed by atoms with Crippen molar-refractivity contribution >= 4 is 22.1 Å². The number of alkyl carbamates (subject to hydrolysis) is 1. The average Bonchev–Trinajstić information content (AvgIpc) is 3.30. The van der Waals surface area contributed by atoms with Crippen LogP contribution in [-0.2, 0) is 19.6 Å². The molecule has 43 heavy (non-hydrogen) atoms. The maximum absolute atomic E-state index is 13.4. The number of benzene rings is 3. The molecule has 3 aromatic carbocycles. The predicted octanol–water partition coefficient (Wildman–Crippen LogP) is 1.17.